The van der Waals surface area contributed by atoms with Gasteiger partial charge in [-0.05, 0) is 43.7 Å². The van der Waals surface area contributed by atoms with E-state index in [1.807, 2.05) is 6.07 Å². The number of carboxylic acids is 1. The molecule has 0 aliphatic heterocycles. The van der Waals surface area contributed by atoms with Gasteiger partial charge < -0.3 is 19.7 Å². The van der Waals surface area contributed by atoms with E-state index in [-0.39, 0.29) is 17.1 Å². The number of hydrogen-bond acceptors (Lipinski definition) is 8. The van der Waals surface area contributed by atoms with Crippen LogP contribution in [-0.4, -0.2) is 27.3 Å². The highest BCUT2D eigenvalue weighted by molar-refractivity contribution is 6.31. The second kappa shape index (κ2) is 11.5. The van der Waals surface area contributed by atoms with Gasteiger partial charge in [-0.25, -0.2) is 9.78 Å². The van der Waals surface area contributed by atoms with Crippen molar-refractivity contribution in [2.45, 2.75) is 25.9 Å². The van der Waals surface area contributed by atoms with Crippen LogP contribution in [0.15, 0.2) is 71.4 Å². The Morgan fingerprint density at radius 3 is 2.45 bits per heavy atom. The SMILES string of the molecule is CC(OC(=O)Nc1c(-c2ccc(Nc3ccccc3C(C)C(=O)O)nc2)noc1C#N)c1ccccc1Cl. The number of halogens is 1. The predicted molar refractivity (Wildman–Crippen MR) is 140 cm³/mol. The Morgan fingerprint density at radius 1 is 1.08 bits per heavy atom. The van der Waals surface area contributed by atoms with Crippen LogP contribution < -0.4 is 10.6 Å². The Balaban J connectivity index is 1.52. The van der Waals surface area contributed by atoms with E-state index in [4.69, 9.17) is 20.9 Å². The lowest BCUT2D eigenvalue weighted by Crippen LogP contribution is -2.17. The minimum absolute atomic E-state index is 0.0343. The highest BCUT2D eigenvalue weighted by atomic mass is 35.5. The van der Waals surface area contributed by atoms with E-state index in [2.05, 4.69) is 20.8 Å². The molecule has 0 aliphatic carbocycles. The smallest absolute Gasteiger partial charge is 0.412 e. The number of nitrogens with one attached hydrogen (secondary N) is 2. The summed E-state index contributed by atoms with van der Waals surface area (Å²) in [4.78, 5) is 28.5. The molecular weight excluding hydrogens is 510 g/mol. The van der Waals surface area contributed by atoms with Gasteiger partial charge in [0.15, 0.2) is 0 Å². The number of carbonyl (C=O) groups excluding carboxylic acids is 1. The van der Waals surface area contributed by atoms with Crippen LogP contribution in [0, 0.1) is 11.3 Å². The summed E-state index contributed by atoms with van der Waals surface area (Å²) < 4.78 is 10.5. The number of rotatable bonds is 8. The minimum atomic E-state index is -0.943. The molecule has 38 heavy (non-hydrogen) atoms. The molecule has 0 saturated heterocycles. The number of anilines is 3. The zero-order chi connectivity index (χ0) is 27.2. The van der Waals surface area contributed by atoms with E-state index in [1.165, 1.54) is 6.20 Å². The number of hydrogen-bond donors (Lipinski definition) is 3. The molecule has 3 N–H and O–H groups in total. The number of carbonyl (C=O) groups is 2. The Morgan fingerprint density at radius 2 is 1.79 bits per heavy atom. The van der Waals surface area contributed by atoms with Crippen LogP contribution in [-0.2, 0) is 9.53 Å². The summed E-state index contributed by atoms with van der Waals surface area (Å²) in [5.74, 6) is -1.42. The monoisotopic (exact) mass is 531 g/mol. The average Bonchev–Trinajstić information content (AvgIpc) is 3.31. The summed E-state index contributed by atoms with van der Waals surface area (Å²) in [6, 6.07) is 19.2. The Hall–Kier alpha value is -4.88. The minimum Gasteiger partial charge on any atom is -0.481 e. The van der Waals surface area contributed by atoms with Crippen molar-refractivity contribution in [2.75, 3.05) is 10.6 Å². The summed E-state index contributed by atoms with van der Waals surface area (Å²) in [5, 5.41) is 28.9. The van der Waals surface area contributed by atoms with Crippen LogP contribution in [0.4, 0.5) is 22.0 Å². The molecule has 192 valence electrons. The fourth-order valence-corrected chi connectivity index (χ4v) is 4.00. The van der Waals surface area contributed by atoms with Gasteiger partial charge in [0.05, 0.1) is 5.92 Å². The van der Waals surface area contributed by atoms with Gasteiger partial charge in [0.25, 0.3) is 5.76 Å². The quantitative estimate of drug-likeness (QED) is 0.231. The maximum Gasteiger partial charge on any atom is 0.412 e. The first kappa shape index (κ1) is 26.2. The second-order valence-corrected chi connectivity index (χ2v) is 8.65. The lowest BCUT2D eigenvalue weighted by atomic mass is 9.99. The number of carboxylic acid groups (broad SMARTS) is 1. The van der Waals surface area contributed by atoms with Gasteiger partial charge in [0.1, 0.15) is 29.4 Å². The van der Waals surface area contributed by atoms with Crippen LogP contribution in [0.5, 0.6) is 0 Å². The van der Waals surface area contributed by atoms with Crippen LogP contribution in [0.1, 0.15) is 42.8 Å². The third-order valence-electron chi connectivity index (χ3n) is 5.75. The van der Waals surface area contributed by atoms with Gasteiger partial charge in [-0.1, -0.05) is 53.2 Å². The topological polar surface area (TPSA) is 150 Å². The highest BCUT2D eigenvalue weighted by Crippen LogP contribution is 2.32. The Labute approximate surface area is 222 Å². The van der Waals surface area contributed by atoms with Crippen molar-refractivity contribution in [3.8, 4) is 17.3 Å². The van der Waals surface area contributed by atoms with Crippen LogP contribution in [0.3, 0.4) is 0 Å². The second-order valence-electron chi connectivity index (χ2n) is 8.25. The van der Waals surface area contributed by atoms with Crippen molar-refractivity contribution in [3.63, 3.8) is 0 Å². The zero-order valence-corrected chi connectivity index (χ0v) is 21.1. The first-order valence-electron chi connectivity index (χ1n) is 11.5. The Kier molecular flexibility index (Phi) is 7.89. The normalized spacial score (nSPS) is 12.2. The average molecular weight is 532 g/mol. The van der Waals surface area contributed by atoms with E-state index < -0.39 is 24.1 Å². The molecule has 4 aromatic rings. The Bertz CT molecular complexity index is 1510. The van der Waals surface area contributed by atoms with Gasteiger partial charge in [-0.15, -0.1) is 0 Å². The third-order valence-corrected chi connectivity index (χ3v) is 6.09. The molecule has 11 heteroatoms. The molecule has 0 aliphatic rings. The summed E-state index contributed by atoms with van der Waals surface area (Å²) in [7, 11) is 0. The standard InChI is InChI=1S/C27H22ClN5O5/c1-15(26(34)35)18-7-4-6-10-21(18)31-23-12-11-17(14-30-23)24-25(22(13-29)38-33-24)32-27(36)37-16(2)19-8-3-5-9-20(19)28/h3-12,14-16H,1-2H3,(H,30,31)(H,32,36)(H,34,35). The molecule has 2 unspecified atom stereocenters. The molecule has 0 fully saturated rings. The van der Waals surface area contributed by atoms with Crippen molar-refractivity contribution >= 4 is 40.9 Å². The fourth-order valence-electron chi connectivity index (χ4n) is 3.71. The van der Waals surface area contributed by atoms with Gasteiger partial charge in [-0.3, -0.25) is 10.1 Å². The number of aliphatic carboxylic acids is 1. The molecule has 1 amide bonds. The zero-order valence-electron chi connectivity index (χ0n) is 20.3. The summed E-state index contributed by atoms with van der Waals surface area (Å²) in [5.41, 5.74) is 2.52. The molecule has 0 radical (unpaired) electrons. The van der Waals surface area contributed by atoms with Crippen molar-refractivity contribution in [3.05, 3.63) is 88.8 Å². The highest BCUT2D eigenvalue weighted by Gasteiger charge is 2.23. The molecule has 10 nitrogen and oxygen atoms in total. The van der Waals surface area contributed by atoms with Gasteiger partial charge >= 0.3 is 12.1 Å². The fraction of sp³-hybridized carbons (Fsp3) is 0.148. The molecule has 0 spiro atoms. The van der Waals surface area contributed by atoms with Crippen molar-refractivity contribution in [1.82, 2.24) is 10.1 Å². The van der Waals surface area contributed by atoms with E-state index >= 15 is 0 Å². The number of amides is 1. The van der Waals surface area contributed by atoms with Gasteiger partial charge in [-0.2, -0.15) is 5.26 Å². The molecule has 2 aromatic heterocycles. The first-order chi connectivity index (χ1) is 18.3. The third kappa shape index (κ3) is 5.74. The summed E-state index contributed by atoms with van der Waals surface area (Å²) in [6.45, 7) is 3.27. The van der Waals surface area contributed by atoms with Gasteiger partial charge in [0, 0.05) is 28.0 Å². The molecule has 0 bridgehead atoms. The molecule has 2 aromatic carbocycles. The van der Waals surface area contributed by atoms with Crippen molar-refractivity contribution in [1.29, 1.82) is 5.26 Å². The van der Waals surface area contributed by atoms with Crippen LogP contribution >= 0.6 is 11.6 Å². The van der Waals surface area contributed by atoms with Crippen molar-refractivity contribution in [2.24, 2.45) is 0 Å². The lowest BCUT2D eigenvalue weighted by Gasteiger charge is -2.15. The molecule has 2 heterocycles. The maximum absolute atomic E-state index is 12.6. The molecule has 2 atom stereocenters. The number of aromatic nitrogens is 2. The molecule has 4 rings (SSSR count). The van der Waals surface area contributed by atoms with E-state index in [9.17, 15) is 20.0 Å². The summed E-state index contributed by atoms with van der Waals surface area (Å²) in [6.07, 6.45) is -0.00180. The number of nitrogens with zero attached hydrogens (tertiary/aromatic N) is 3. The van der Waals surface area contributed by atoms with Crippen molar-refractivity contribution < 1.29 is 24.0 Å². The number of para-hydroxylation sites is 1. The lowest BCUT2D eigenvalue weighted by molar-refractivity contribution is -0.138. The number of ether oxygens (including phenoxy) is 1. The van der Waals surface area contributed by atoms with Gasteiger partial charge in [0.2, 0.25) is 0 Å². The van der Waals surface area contributed by atoms with E-state index in [1.54, 1.807) is 74.5 Å². The molecule has 0 saturated carbocycles. The van der Waals surface area contributed by atoms with Crippen LogP contribution in [0.25, 0.3) is 11.3 Å². The molecular formula is C27H22ClN5O5. The van der Waals surface area contributed by atoms with E-state index in [0.29, 0.717) is 33.2 Å². The largest absolute Gasteiger partial charge is 0.481 e. The maximum atomic E-state index is 12.6. The number of pyridine rings is 1. The summed E-state index contributed by atoms with van der Waals surface area (Å²) >= 11 is 6.18. The predicted octanol–water partition coefficient (Wildman–Crippen LogP) is 6.50. The number of benzene rings is 2. The number of nitriles is 1. The first-order valence-corrected chi connectivity index (χ1v) is 11.8. The van der Waals surface area contributed by atoms with Crippen LogP contribution in [0.2, 0.25) is 5.02 Å². The van der Waals surface area contributed by atoms with E-state index in [0.717, 1.165) is 0 Å².